The molecule has 2 saturated heterocycles. The molecule has 3 atom stereocenters. The Morgan fingerprint density at radius 2 is 2.36 bits per heavy atom. The summed E-state index contributed by atoms with van der Waals surface area (Å²) in [5.74, 6) is 1.68. The number of ether oxygens (including phenoxy) is 1. The van der Waals surface area contributed by atoms with Crippen LogP contribution in [0.4, 0.5) is 0 Å². The van der Waals surface area contributed by atoms with Gasteiger partial charge in [0.15, 0.2) is 5.82 Å². The minimum Gasteiger partial charge on any atom is -0.377 e. The van der Waals surface area contributed by atoms with Crippen LogP contribution in [0.1, 0.15) is 36.0 Å². The zero-order valence-corrected chi connectivity index (χ0v) is 12.7. The molecule has 0 unspecified atom stereocenters. The molecule has 2 aliphatic rings. The highest BCUT2D eigenvalue weighted by molar-refractivity contribution is 5.11. The molecule has 0 aromatic carbocycles. The van der Waals surface area contributed by atoms with Crippen molar-refractivity contribution in [2.24, 2.45) is 0 Å². The molecule has 2 aromatic rings. The topological polar surface area (TPSA) is 64.3 Å². The van der Waals surface area contributed by atoms with Crippen LogP contribution in [0.15, 0.2) is 29.0 Å². The van der Waals surface area contributed by atoms with Crippen LogP contribution in [0.2, 0.25) is 0 Å². The van der Waals surface area contributed by atoms with Gasteiger partial charge in [0.1, 0.15) is 0 Å². The van der Waals surface area contributed by atoms with Crippen molar-refractivity contribution in [1.82, 2.24) is 20.0 Å². The highest BCUT2D eigenvalue weighted by atomic mass is 16.5. The van der Waals surface area contributed by atoms with Gasteiger partial charge in [0.05, 0.1) is 12.0 Å². The second-order valence-corrected chi connectivity index (χ2v) is 6.17. The maximum absolute atomic E-state index is 5.94. The summed E-state index contributed by atoms with van der Waals surface area (Å²) in [6, 6.07) is 4.60. The Hall–Kier alpha value is -1.79. The molecule has 0 spiro atoms. The number of rotatable bonds is 3. The molecular weight excluding hydrogens is 280 g/mol. The van der Waals surface area contributed by atoms with E-state index in [2.05, 4.69) is 26.1 Å². The van der Waals surface area contributed by atoms with Crippen LogP contribution in [0, 0.1) is 6.92 Å². The molecule has 6 nitrogen and oxygen atoms in total. The third-order valence-electron chi connectivity index (χ3n) is 4.62. The molecule has 0 bridgehead atoms. The van der Waals surface area contributed by atoms with Gasteiger partial charge in [0.25, 0.3) is 0 Å². The molecule has 6 heteroatoms. The van der Waals surface area contributed by atoms with Gasteiger partial charge in [-0.1, -0.05) is 11.2 Å². The van der Waals surface area contributed by atoms with Crippen LogP contribution in [0.5, 0.6) is 0 Å². The van der Waals surface area contributed by atoms with Gasteiger partial charge in [-0.2, -0.15) is 4.98 Å². The lowest BCUT2D eigenvalue weighted by Gasteiger charge is -2.39. The second-order valence-electron chi connectivity index (χ2n) is 6.17. The summed E-state index contributed by atoms with van der Waals surface area (Å²) in [4.78, 5) is 11.1. The van der Waals surface area contributed by atoms with Crippen molar-refractivity contribution in [2.45, 2.75) is 44.4 Å². The quantitative estimate of drug-likeness (QED) is 0.863. The third-order valence-corrected chi connectivity index (χ3v) is 4.62. The highest BCUT2D eigenvalue weighted by Crippen LogP contribution is 2.36. The monoisotopic (exact) mass is 300 g/mol. The van der Waals surface area contributed by atoms with Gasteiger partial charge < -0.3 is 9.26 Å². The van der Waals surface area contributed by atoms with E-state index >= 15 is 0 Å². The van der Waals surface area contributed by atoms with E-state index in [1.54, 1.807) is 0 Å². The number of fused-ring (bicyclic) bond motifs is 1. The lowest BCUT2D eigenvalue weighted by Crippen LogP contribution is -2.48. The molecule has 2 fully saturated rings. The van der Waals surface area contributed by atoms with Crippen LogP contribution >= 0.6 is 0 Å². The third kappa shape index (κ3) is 2.64. The summed E-state index contributed by atoms with van der Waals surface area (Å²) in [6.45, 7) is 4.52. The lowest BCUT2D eigenvalue weighted by atomic mass is 9.89. The van der Waals surface area contributed by atoms with Crippen molar-refractivity contribution in [3.05, 3.63) is 41.8 Å². The van der Waals surface area contributed by atoms with E-state index in [1.807, 2.05) is 25.4 Å². The molecule has 0 N–H and O–H groups in total. The summed E-state index contributed by atoms with van der Waals surface area (Å²) in [7, 11) is 0. The number of piperidine rings is 1. The number of aryl methyl sites for hydroxylation is 1. The van der Waals surface area contributed by atoms with Crippen molar-refractivity contribution in [2.75, 3.05) is 13.2 Å². The first-order chi connectivity index (χ1) is 10.8. The normalized spacial score (nSPS) is 28.7. The summed E-state index contributed by atoms with van der Waals surface area (Å²) < 4.78 is 11.3. The Morgan fingerprint density at radius 1 is 1.41 bits per heavy atom. The fourth-order valence-electron chi connectivity index (χ4n) is 3.62. The lowest BCUT2D eigenvalue weighted by molar-refractivity contribution is 0.00843. The smallest absolute Gasteiger partial charge is 0.231 e. The molecule has 116 valence electrons. The van der Waals surface area contributed by atoms with Crippen molar-refractivity contribution in [3.63, 3.8) is 0 Å². The van der Waals surface area contributed by atoms with E-state index in [9.17, 15) is 0 Å². The first kappa shape index (κ1) is 13.8. The summed E-state index contributed by atoms with van der Waals surface area (Å²) in [6.07, 6.45) is 6.08. The van der Waals surface area contributed by atoms with E-state index in [-0.39, 0.29) is 12.0 Å². The minimum atomic E-state index is 0.247. The summed E-state index contributed by atoms with van der Waals surface area (Å²) >= 11 is 0. The van der Waals surface area contributed by atoms with E-state index in [1.165, 1.54) is 5.56 Å². The van der Waals surface area contributed by atoms with Gasteiger partial charge in [0.2, 0.25) is 5.89 Å². The van der Waals surface area contributed by atoms with Crippen LogP contribution in [0.25, 0.3) is 0 Å². The van der Waals surface area contributed by atoms with Gasteiger partial charge in [-0.3, -0.25) is 9.88 Å². The van der Waals surface area contributed by atoms with Crippen LogP contribution in [0.3, 0.4) is 0 Å². The van der Waals surface area contributed by atoms with Crippen molar-refractivity contribution in [3.8, 4) is 0 Å². The predicted molar refractivity (Wildman–Crippen MR) is 79.2 cm³/mol. The van der Waals surface area contributed by atoms with Gasteiger partial charge >= 0.3 is 0 Å². The van der Waals surface area contributed by atoms with Crippen LogP contribution < -0.4 is 0 Å². The molecule has 0 radical (unpaired) electrons. The molecular formula is C16H20N4O2. The standard InChI is InChI=1S/C16H20N4O2/c1-11-18-16(22-19-11)13-7-15-14(4-6-21-15)20(10-13)9-12-3-2-5-17-8-12/h2-3,5,8,13-15H,4,6-7,9-10H2,1H3/t13-,14+,15+/m0/s1. The van der Waals surface area contributed by atoms with Crippen molar-refractivity contribution in [1.29, 1.82) is 0 Å². The first-order valence-electron chi connectivity index (χ1n) is 7.84. The fraction of sp³-hybridized carbons (Fsp3) is 0.562. The number of nitrogens with zero attached hydrogens (tertiary/aromatic N) is 4. The number of hydrogen-bond acceptors (Lipinski definition) is 6. The molecule has 0 amide bonds. The Kier molecular flexibility index (Phi) is 3.63. The maximum atomic E-state index is 5.94. The molecule has 4 heterocycles. The maximum Gasteiger partial charge on any atom is 0.231 e. The molecule has 0 aliphatic carbocycles. The number of likely N-dealkylation sites (tertiary alicyclic amines) is 1. The largest absolute Gasteiger partial charge is 0.377 e. The van der Waals surface area contributed by atoms with Gasteiger partial charge in [-0.15, -0.1) is 0 Å². The predicted octanol–water partition coefficient (Wildman–Crippen LogP) is 1.92. The van der Waals surface area contributed by atoms with Gasteiger partial charge in [-0.05, 0) is 31.4 Å². The molecule has 4 rings (SSSR count). The Morgan fingerprint density at radius 3 is 3.14 bits per heavy atom. The van der Waals surface area contributed by atoms with E-state index < -0.39 is 0 Å². The number of aromatic nitrogens is 3. The van der Waals surface area contributed by atoms with E-state index in [0.29, 0.717) is 11.9 Å². The molecule has 2 aromatic heterocycles. The number of pyridine rings is 1. The molecule has 2 aliphatic heterocycles. The number of hydrogen-bond donors (Lipinski definition) is 0. The Labute approximate surface area is 129 Å². The van der Waals surface area contributed by atoms with Crippen molar-refractivity contribution >= 4 is 0 Å². The highest BCUT2D eigenvalue weighted by Gasteiger charge is 2.42. The molecule has 22 heavy (non-hydrogen) atoms. The Bertz CT molecular complexity index is 630. The van der Waals surface area contributed by atoms with E-state index in [4.69, 9.17) is 9.26 Å². The summed E-state index contributed by atoms with van der Waals surface area (Å²) in [5, 5.41) is 3.93. The fourth-order valence-corrected chi connectivity index (χ4v) is 3.62. The average molecular weight is 300 g/mol. The zero-order chi connectivity index (χ0) is 14.9. The Balaban J connectivity index is 1.55. The molecule has 0 saturated carbocycles. The van der Waals surface area contributed by atoms with Crippen LogP contribution in [-0.4, -0.2) is 45.3 Å². The zero-order valence-electron chi connectivity index (χ0n) is 12.7. The van der Waals surface area contributed by atoms with Crippen molar-refractivity contribution < 1.29 is 9.26 Å². The van der Waals surface area contributed by atoms with E-state index in [0.717, 1.165) is 38.4 Å². The minimum absolute atomic E-state index is 0.247. The second kappa shape index (κ2) is 5.78. The SMILES string of the molecule is Cc1noc([C@H]2C[C@H]3OCC[C@H]3N(Cc3cccnc3)C2)n1. The average Bonchev–Trinajstić information content (AvgIpc) is 3.17. The first-order valence-corrected chi connectivity index (χ1v) is 7.84. The van der Waals surface area contributed by atoms with Crippen LogP contribution in [-0.2, 0) is 11.3 Å². The summed E-state index contributed by atoms with van der Waals surface area (Å²) in [5.41, 5.74) is 1.23. The van der Waals surface area contributed by atoms with Gasteiger partial charge in [0, 0.05) is 38.1 Å². The van der Waals surface area contributed by atoms with Gasteiger partial charge in [-0.25, -0.2) is 0 Å².